The van der Waals surface area contributed by atoms with E-state index in [1.807, 2.05) is 0 Å². The summed E-state index contributed by atoms with van der Waals surface area (Å²) in [6.45, 7) is 4.38. The molecule has 0 bridgehead atoms. The Labute approximate surface area is 145 Å². The molecule has 0 aliphatic carbocycles. The Kier molecular flexibility index (Phi) is 7.38. The number of hydrogen-bond acceptors (Lipinski definition) is 6. The minimum atomic E-state index is -2.40. The highest BCUT2D eigenvalue weighted by molar-refractivity contribution is 6.31. The number of carbonyl (C=O) groups is 3. The highest BCUT2D eigenvalue weighted by Gasteiger charge is 2.52. The number of ketones is 1. The third kappa shape index (κ3) is 4.55. The molecular weight excluding hydrogens is 336 g/mol. The van der Waals surface area contributed by atoms with Crippen LogP contribution in [0.4, 0.5) is 0 Å². The second-order valence-corrected chi connectivity index (χ2v) is 5.64. The van der Waals surface area contributed by atoms with Gasteiger partial charge in [0.05, 0.1) is 13.2 Å². The standard InChI is InChI=1S/C17H21ClO6/c1-4-23-15(20)14(12-8-6-7-9-13(12)18)17(22,10-11(3)19)16(21)24-5-2/h6-9,14,22H,4-5,10H2,1-3H3/t14-,17-/m1/s1. The van der Waals surface area contributed by atoms with Gasteiger partial charge in [-0.05, 0) is 32.4 Å². The predicted molar refractivity (Wildman–Crippen MR) is 87.7 cm³/mol. The summed E-state index contributed by atoms with van der Waals surface area (Å²) in [4.78, 5) is 36.4. The van der Waals surface area contributed by atoms with E-state index in [1.54, 1.807) is 26.0 Å². The zero-order chi connectivity index (χ0) is 18.3. The summed E-state index contributed by atoms with van der Waals surface area (Å²) in [5.74, 6) is -3.89. The second kappa shape index (κ2) is 8.80. The molecular formula is C17H21ClO6. The lowest BCUT2D eigenvalue weighted by Gasteiger charge is -2.32. The maximum absolute atomic E-state index is 12.5. The Hall–Kier alpha value is -1.92. The molecule has 0 radical (unpaired) electrons. The van der Waals surface area contributed by atoms with Crippen LogP contribution < -0.4 is 0 Å². The summed E-state index contributed by atoms with van der Waals surface area (Å²) in [7, 11) is 0. The quantitative estimate of drug-likeness (QED) is 0.718. The summed E-state index contributed by atoms with van der Waals surface area (Å²) in [6.07, 6.45) is -0.597. The lowest BCUT2D eigenvalue weighted by atomic mass is 9.78. The first-order valence-electron chi connectivity index (χ1n) is 7.58. The number of Topliss-reactive ketones (excluding diaryl/α,β-unsaturated/α-hetero) is 1. The molecule has 0 saturated carbocycles. The number of halogens is 1. The summed E-state index contributed by atoms with van der Waals surface area (Å²) >= 11 is 6.13. The van der Waals surface area contributed by atoms with Gasteiger partial charge >= 0.3 is 11.9 Å². The van der Waals surface area contributed by atoms with Crippen molar-refractivity contribution in [3.63, 3.8) is 0 Å². The van der Waals surface area contributed by atoms with Crippen LogP contribution in [0.5, 0.6) is 0 Å². The molecule has 6 nitrogen and oxygen atoms in total. The van der Waals surface area contributed by atoms with Crippen LogP contribution >= 0.6 is 11.6 Å². The molecule has 1 aromatic carbocycles. The van der Waals surface area contributed by atoms with Crippen molar-refractivity contribution in [2.45, 2.75) is 38.7 Å². The van der Waals surface area contributed by atoms with Crippen molar-refractivity contribution in [2.24, 2.45) is 0 Å². The maximum atomic E-state index is 12.5. The normalized spacial score (nSPS) is 14.4. The number of carbonyl (C=O) groups excluding carboxylic acids is 3. The van der Waals surface area contributed by atoms with Gasteiger partial charge in [0.25, 0.3) is 0 Å². The first kappa shape index (κ1) is 20.1. The smallest absolute Gasteiger partial charge is 0.339 e. The average Bonchev–Trinajstić information content (AvgIpc) is 2.49. The third-order valence-corrected chi connectivity index (χ3v) is 3.71. The molecule has 1 N–H and O–H groups in total. The summed E-state index contributed by atoms with van der Waals surface area (Å²) < 4.78 is 9.88. The van der Waals surface area contributed by atoms with E-state index in [4.69, 9.17) is 21.1 Å². The van der Waals surface area contributed by atoms with Crippen LogP contribution in [-0.4, -0.2) is 41.6 Å². The Bertz CT molecular complexity index is 615. The van der Waals surface area contributed by atoms with Crippen molar-refractivity contribution in [2.75, 3.05) is 13.2 Å². The fourth-order valence-corrected chi connectivity index (χ4v) is 2.69. The minimum Gasteiger partial charge on any atom is -0.465 e. The van der Waals surface area contributed by atoms with E-state index in [-0.39, 0.29) is 23.8 Å². The number of ether oxygens (including phenoxy) is 2. The van der Waals surface area contributed by atoms with Crippen LogP contribution in [0.25, 0.3) is 0 Å². The molecule has 7 heteroatoms. The van der Waals surface area contributed by atoms with E-state index in [2.05, 4.69) is 0 Å². The van der Waals surface area contributed by atoms with E-state index in [1.165, 1.54) is 19.1 Å². The van der Waals surface area contributed by atoms with Gasteiger partial charge < -0.3 is 14.6 Å². The van der Waals surface area contributed by atoms with E-state index in [9.17, 15) is 19.5 Å². The topological polar surface area (TPSA) is 89.9 Å². The number of hydrogen-bond donors (Lipinski definition) is 1. The summed E-state index contributed by atoms with van der Waals surface area (Å²) in [6, 6.07) is 6.26. The molecule has 132 valence electrons. The highest BCUT2D eigenvalue weighted by Crippen LogP contribution is 2.37. The Morgan fingerprint density at radius 2 is 1.75 bits per heavy atom. The Balaban J connectivity index is 3.51. The molecule has 1 aromatic rings. The van der Waals surface area contributed by atoms with Gasteiger partial charge in [0, 0.05) is 11.4 Å². The Morgan fingerprint density at radius 3 is 2.25 bits per heavy atom. The third-order valence-electron chi connectivity index (χ3n) is 3.36. The van der Waals surface area contributed by atoms with Gasteiger partial charge in [-0.25, -0.2) is 4.79 Å². The van der Waals surface area contributed by atoms with Crippen molar-refractivity contribution in [1.82, 2.24) is 0 Å². The van der Waals surface area contributed by atoms with Crippen molar-refractivity contribution in [3.05, 3.63) is 34.9 Å². The summed E-state index contributed by atoms with van der Waals surface area (Å²) in [5.41, 5.74) is -2.21. The van der Waals surface area contributed by atoms with Gasteiger partial charge in [0.1, 0.15) is 11.7 Å². The molecule has 24 heavy (non-hydrogen) atoms. The van der Waals surface area contributed by atoms with Gasteiger partial charge in [0.15, 0.2) is 5.60 Å². The van der Waals surface area contributed by atoms with Gasteiger partial charge in [-0.15, -0.1) is 0 Å². The van der Waals surface area contributed by atoms with Crippen LogP contribution in [0.1, 0.15) is 38.7 Å². The summed E-state index contributed by atoms with van der Waals surface area (Å²) in [5, 5.41) is 11.1. The molecule has 0 aliphatic heterocycles. The molecule has 0 fully saturated rings. The van der Waals surface area contributed by atoms with E-state index in [0.717, 1.165) is 0 Å². The zero-order valence-electron chi connectivity index (χ0n) is 13.9. The van der Waals surface area contributed by atoms with Crippen molar-refractivity contribution < 1.29 is 29.0 Å². The van der Waals surface area contributed by atoms with E-state index >= 15 is 0 Å². The number of esters is 2. The van der Waals surface area contributed by atoms with Crippen molar-refractivity contribution in [3.8, 4) is 0 Å². The number of aliphatic hydroxyl groups is 1. The Morgan fingerprint density at radius 1 is 1.17 bits per heavy atom. The molecule has 0 saturated heterocycles. The first-order valence-corrected chi connectivity index (χ1v) is 7.95. The average molecular weight is 357 g/mol. The molecule has 0 heterocycles. The lowest BCUT2D eigenvalue weighted by Crippen LogP contribution is -2.50. The molecule has 2 atom stereocenters. The van der Waals surface area contributed by atoms with Crippen molar-refractivity contribution in [1.29, 1.82) is 0 Å². The van der Waals surface area contributed by atoms with Crippen LogP contribution in [-0.2, 0) is 23.9 Å². The maximum Gasteiger partial charge on any atom is 0.339 e. The fourth-order valence-electron chi connectivity index (χ4n) is 2.44. The molecule has 0 spiro atoms. The van der Waals surface area contributed by atoms with Gasteiger partial charge in [-0.2, -0.15) is 0 Å². The van der Waals surface area contributed by atoms with Gasteiger partial charge in [-0.3, -0.25) is 9.59 Å². The monoisotopic (exact) mass is 356 g/mol. The molecule has 0 aliphatic rings. The molecule has 0 unspecified atom stereocenters. The van der Waals surface area contributed by atoms with Gasteiger partial charge in [-0.1, -0.05) is 29.8 Å². The van der Waals surface area contributed by atoms with Crippen LogP contribution in [0, 0.1) is 0 Å². The molecule has 0 amide bonds. The van der Waals surface area contributed by atoms with Crippen LogP contribution in [0.2, 0.25) is 5.02 Å². The van der Waals surface area contributed by atoms with Crippen LogP contribution in [0.15, 0.2) is 24.3 Å². The molecule has 0 aromatic heterocycles. The lowest BCUT2D eigenvalue weighted by molar-refractivity contribution is -0.177. The minimum absolute atomic E-state index is 0.0168. The second-order valence-electron chi connectivity index (χ2n) is 5.23. The SMILES string of the molecule is CCOC(=O)[C@@H](c1ccccc1Cl)[C@](O)(CC(C)=O)C(=O)OCC. The number of benzene rings is 1. The van der Waals surface area contributed by atoms with E-state index in [0.29, 0.717) is 0 Å². The van der Waals surface area contributed by atoms with E-state index < -0.39 is 35.7 Å². The predicted octanol–water partition coefficient (Wildman–Crippen LogP) is 2.26. The van der Waals surface area contributed by atoms with Crippen LogP contribution in [0.3, 0.4) is 0 Å². The molecule has 1 rings (SSSR count). The van der Waals surface area contributed by atoms with Gasteiger partial charge in [0.2, 0.25) is 0 Å². The van der Waals surface area contributed by atoms with Crippen molar-refractivity contribution >= 4 is 29.3 Å². The highest BCUT2D eigenvalue weighted by atomic mass is 35.5. The largest absolute Gasteiger partial charge is 0.465 e. The number of rotatable bonds is 8. The fraction of sp³-hybridized carbons (Fsp3) is 0.471. The zero-order valence-corrected chi connectivity index (χ0v) is 14.6. The first-order chi connectivity index (χ1) is 11.3.